The maximum Gasteiger partial charge on any atom is 0.0731 e. The Hall–Kier alpha value is -0.120. The van der Waals surface area contributed by atoms with Gasteiger partial charge in [0.05, 0.1) is 12.7 Å². The van der Waals surface area contributed by atoms with Gasteiger partial charge in [0.15, 0.2) is 0 Å². The lowest BCUT2D eigenvalue weighted by Gasteiger charge is -2.51. The van der Waals surface area contributed by atoms with Gasteiger partial charge in [0.25, 0.3) is 0 Å². The number of nitrogens with one attached hydrogen (secondary N) is 1. The average Bonchev–Trinajstić information content (AvgIpc) is 2.53. The van der Waals surface area contributed by atoms with Crippen molar-refractivity contribution in [3.63, 3.8) is 0 Å². The maximum atomic E-state index is 6.08. The van der Waals surface area contributed by atoms with Crippen LogP contribution in [0.25, 0.3) is 0 Å². The normalized spacial score (nSPS) is 42.0. The number of nitrogens with zero attached hydrogens (tertiary/aromatic N) is 1. The maximum absolute atomic E-state index is 6.08. The van der Waals surface area contributed by atoms with Crippen LogP contribution in [0.2, 0.25) is 0 Å². The summed E-state index contributed by atoms with van der Waals surface area (Å²) < 4.78 is 6.08. The Morgan fingerprint density at radius 2 is 1.86 bits per heavy atom. The second-order valence-electron chi connectivity index (χ2n) is 7.78. The Kier molecular flexibility index (Phi) is 5.23. The minimum absolute atomic E-state index is 0.518. The smallest absolute Gasteiger partial charge is 0.0731 e. The van der Waals surface area contributed by atoms with Crippen LogP contribution in [-0.2, 0) is 4.74 Å². The zero-order chi connectivity index (χ0) is 14.8. The largest absolute Gasteiger partial charge is 0.375 e. The van der Waals surface area contributed by atoms with Gasteiger partial charge in [0, 0.05) is 24.7 Å². The lowest BCUT2D eigenvalue weighted by Crippen LogP contribution is -2.62. The molecule has 3 heteroatoms. The van der Waals surface area contributed by atoms with Gasteiger partial charge < -0.3 is 10.1 Å². The van der Waals surface area contributed by atoms with Gasteiger partial charge in [-0.3, -0.25) is 4.90 Å². The van der Waals surface area contributed by atoms with Gasteiger partial charge in [-0.2, -0.15) is 0 Å². The summed E-state index contributed by atoms with van der Waals surface area (Å²) in [5.41, 5.74) is 0. The molecule has 0 spiro atoms. The van der Waals surface area contributed by atoms with E-state index in [-0.39, 0.29) is 0 Å². The molecule has 0 bridgehead atoms. The van der Waals surface area contributed by atoms with Crippen LogP contribution in [0, 0.1) is 11.8 Å². The third-order valence-corrected chi connectivity index (χ3v) is 6.37. The van der Waals surface area contributed by atoms with E-state index in [0.29, 0.717) is 18.2 Å². The fraction of sp³-hybridized carbons (Fsp3) is 1.00. The predicted molar refractivity (Wildman–Crippen MR) is 87.5 cm³/mol. The first-order chi connectivity index (χ1) is 10.2. The summed E-state index contributed by atoms with van der Waals surface area (Å²) in [4.78, 5) is 2.85. The number of hydrogen-bond acceptors (Lipinski definition) is 3. The molecule has 0 radical (unpaired) electrons. The number of morpholine rings is 1. The molecule has 122 valence electrons. The molecule has 0 aromatic rings. The Bertz CT molecular complexity index is 331. The Morgan fingerprint density at radius 1 is 1.05 bits per heavy atom. The summed E-state index contributed by atoms with van der Waals surface area (Å²) in [7, 11) is 2.16. The summed E-state index contributed by atoms with van der Waals surface area (Å²) in [5.74, 6) is 1.73. The molecule has 21 heavy (non-hydrogen) atoms. The van der Waals surface area contributed by atoms with E-state index in [1.54, 1.807) is 0 Å². The molecular weight excluding hydrogens is 260 g/mol. The van der Waals surface area contributed by atoms with Crippen LogP contribution in [0.1, 0.15) is 58.8 Å². The number of hydrogen-bond donors (Lipinski definition) is 1. The van der Waals surface area contributed by atoms with Crippen LogP contribution in [0.5, 0.6) is 0 Å². The number of fused-ring (bicyclic) bond motifs is 1. The SMILES string of the molecule is CNC1CCC(C(C)C)CC1N1CCOC2CCCCC21. The highest BCUT2D eigenvalue weighted by molar-refractivity contribution is 4.97. The van der Waals surface area contributed by atoms with E-state index in [1.807, 2.05) is 0 Å². The fourth-order valence-electron chi connectivity index (χ4n) is 5.03. The monoisotopic (exact) mass is 294 g/mol. The highest BCUT2D eigenvalue weighted by atomic mass is 16.5. The molecule has 3 rings (SSSR count). The van der Waals surface area contributed by atoms with Gasteiger partial charge >= 0.3 is 0 Å². The highest BCUT2D eigenvalue weighted by Crippen LogP contribution is 2.37. The van der Waals surface area contributed by atoms with Crippen molar-refractivity contribution in [3.05, 3.63) is 0 Å². The van der Waals surface area contributed by atoms with Gasteiger partial charge in [-0.1, -0.05) is 26.7 Å². The highest BCUT2D eigenvalue weighted by Gasteiger charge is 2.42. The lowest BCUT2D eigenvalue weighted by atomic mass is 9.75. The zero-order valence-electron chi connectivity index (χ0n) is 14.2. The Morgan fingerprint density at radius 3 is 2.62 bits per heavy atom. The van der Waals surface area contributed by atoms with Crippen molar-refractivity contribution in [2.45, 2.75) is 83.0 Å². The molecule has 1 aliphatic heterocycles. The summed E-state index contributed by atoms with van der Waals surface area (Å²) in [6.45, 7) is 6.91. The van der Waals surface area contributed by atoms with Gasteiger partial charge in [0.1, 0.15) is 0 Å². The third-order valence-electron chi connectivity index (χ3n) is 6.37. The van der Waals surface area contributed by atoms with Crippen LogP contribution >= 0.6 is 0 Å². The quantitative estimate of drug-likeness (QED) is 0.866. The molecule has 0 aromatic heterocycles. The first-order valence-electron chi connectivity index (χ1n) is 9.25. The molecule has 1 heterocycles. The fourth-order valence-corrected chi connectivity index (χ4v) is 5.03. The van der Waals surface area contributed by atoms with E-state index in [1.165, 1.54) is 44.9 Å². The number of ether oxygens (including phenoxy) is 1. The van der Waals surface area contributed by atoms with E-state index in [0.717, 1.165) is 31.0 Å². The molecule has 5 unspecified atom stereocenters. The first kappa shape index (κ1) is 15.8. The zero-order valence-corrected chi connectivity index (χ0v) is 14.2. The number of rotatable bonds is 3. The van der Waals surface area contributed by atoms with Crippen molar-refractivity contribution in [1.29, 1.82) is 0 Å². The molecule has 1 saturated heterocycles. The number of likely N-dealkylation sites (N-methyl/N-ethyl adjacent to an activating group) is 1. The average molecular weight is 294 g/mol. The summed E-state index contributed by atoms with van der Waals surface area (Å²) in [6, 6.07) is 2.10. The minimum atomic E-state index is 0.518. The second kappa shape index (κ2) is 6.97. The lowest BCUT2D eigenvalue weighted by molar-refractivity contribution is -0.114. The van der Waals surface area contributed by atoms with E-state index in [4.69, 9.17) is 4.74 Å². The van der Waals surface area contributed by atoms with Crippen molar-refractivity contribution in [2.75, 3.05) is 20.2 Å². The van der Waals surface area contributed by atoms with E-state index in [9.17, 15) is 0 Å². The van der Waals surface area contributed by atoms with E-state index >= 15 is 0 Å². The molecule has 0 aromatic carbocycles. The Balaban J connectivity index is 1.74. The van der Waals surface area contributed by atoms with Gasteiger partial charge in [0.2, 0.25) is 0 Å². The topological polar surface area (TPSA) is 24.5 Å². The van der Waals surface area contributed by atoms with Crippen molar-refractivity contribution in [1.82, 2.24) is 10.2 Å². The summed E-state index contributed by atoms with van der Waals surface area (Å²) in [6.07, 6.45) is 10.0. The predicted octanol–water partition coefficient (Wildman–Crippen LogP) is 3.04. The molecule has 3 nitrogen and oxygen atoms in total. The Labute approximate surface area is 130 Å². The van der Waals surface area contributed by atoms with Crippen LogP contribution in [0.4, 0.5) is 0 Å². The first-order valence-corrected chi connectivity index (χ1v) is 9.25. The molecule has 5 atom stereocenters. The van der Waals surface area contributed by atoms with Gasteiger partial charge in [-0.25, -0.2) is 0 Å². The van der Waals surface area contributed by atoms with Crippen LogP contribution in [0.3, 0.4) is 0 Å². The minimum Gasteiger partial charge on any atom is -0.375 e. The van der Waals surface area contributed by atoms with Crippen molar-refractivity contribution >= 4 is 0 Å². The summed E-state index contributed by atoms with van der Waals surface area (Å²) >= 11 is 0. The van der Waals surface area contributed by atoms with Crippen molar-refractivity contribution < 1.29 is 4.74 Å². The standard InChI is InChI=1S/C18H34N2O/c1-13(2)14-8-9-15(19-3)17(12-14)20-10-11-21-18-7-5-4-6-16(18)20/h13-19H,4-12H2,1-3H3. The van der Waals surface area contributed by atoms with Crippen molar-refractivity contribution in [2.24, 2.45) is 11.8 Å². The molecule has 2 aliphatic carbocycles. The van der Waals surface area contributed by atoms with Crippen LogP contribution in [0.15, 0.2) is 0 Å². The van der Waals surface area contributed by atoms with E-state index in [2.05, 4.69) is 31.1 Å². The van der Waals surface area contributed by atoms with Crippen LogP contribution < -0.4 is 5.32 Å². The van der Waals surface area contributed by atoms with Gasteiger partial charge in [-0.15, -0.1) is 0 Å². The van der Waals surface area contributed by atoms with Crippen molar-refractivity contribution in [3.8, 4) is 0 Å². The molecule has 1 N–H and O–H groups in total. The van der Waals surface area contributed by atoms with E-state index < -0.39 is 0 Å². The summed E-state index contributed by atoms with van der Waals surface area (Å²) in [5, 5.41) is 3.62. The van der Waals surface area contributed by atoms with Crippen LogP contribution in [-0.4, -0.2) is 49.3 Å². The molecule has 3 aliphatic rings. The molecule has 2 saturated carbocycles. The molecule has 0 amide bonds. The molecular formula is C18H34N2O. The van der Waals surface area contributed by atoms with Gasteiger partial charge in [-0.05, 0) is 51.0 Å². The molecule has 3 fully saturated rings. The third kappa shape index (κ3) is 3.30. The second-order valence-corrected chi connectivity index (χ2v) is 7.78.